The van der Waals surface area contributed by atoms with Crippen LogP contribution < -0.4 is 9.47 Å². The summed E-state index contributed by atoms with van der Waals surface area (Å²) < 4.78 is 13.9. The van der Waals surface area contributed by atoms with E-state index in [1.54, 1.807) is 14.2 Å². The molecule has 0 N–H and O–H groups in total. The molecular formula is C26H18O2S2. The second-order valence-electron chi connectivity index (χ2n) is 7.29. The first-order chi connectivity index (χ1) is 14.8. The van der Waals surface area contributed by atoms with Crippen molar-refractivity contribution in [2.45, 2.75) is 0 Å². The van der Waals surface area contributed by atoms with Crippen molar-refractivity contribution < 1.29 is 9.47 Å². The molecular weight excluding hydrogens is 408 g/mol. The fraction of sp³-hybridized carbons (Fsp3) is 0.0769. The van der Waals surface area contributed by atoms with E-state index in [-0.39, 0.29) is 0 Å². The minimum absolute atomic E-state index is 0.925. The molecule has 146 valence electrons. The number of hydrogen-bond acceptors (Lipinski definition) is 4. The van der Waals surface area contributed by atoms with Gasteiger partial charge < -0.3 is 9.47 Å². The first kappa shape index (κ1) is 17.8. The molecule has 30 heavy (non-hydrogen) atoms. The molecule has 0 aliphatic heterocycles. The largest absolute Gasteiger partial charge is 0.496 e. The molecule has 0 saturated carbocycles. The minimum Gasteiger partial charge on any atom is -0.496 e. The summed E-state index contributed by atoms with van der Waals surface area (Å²) in [7, 11) is 3.48. The van der Waals surface area contributed by atoms with Crippen LogP contribution in [-0.2, 0) is 0 Å². The van der Waals surface area contributed by atoms with Gasteiger partial charge >= 0.3 is 0 Å². The Morgan fingerprint density at radius 1 is 0.567 bits per heavy atom. The first-order valence-electron chi connectivity index (χ1n) is 9.76. The molecule has 0 saturated heterocycles. The minimum atomic E-state index is 0.925. The highest BCUT2D eigenvalue weighted by atomic mass is 32.1. The summed E-state index contributed by atoms with van der Waals surface area (Å²) in [5.74, 6) is 1.85. The number of hydrogen-bond donors (Lipinski definition) is 0. The highest BCUT2D eigenvalue weighted by molar-refractivity contribution is 7.28. The molecule has 0 amide bonds. The Morgan fingerprint density at radius 2 is 1.03 bits per heavy atom. The van der Waals surface area contributed by atoms with Crippen molar-refractivity contribution in [1.29, 1.82) is 0 Å². The van der Waals surface area contributed by atoms with Gasteiger partial charge in [-0.05, 0) is 47.2 Å². The average Bonchev–Trinajstić information content (AvgIpc) is 3.42. The Balaban J connectivity index is 1.62. The molecule has 0 atom stereocenters. The number of benzene rings is 4. The number of methoxy groups -OCH3 is 2. The van der Waals surface area contributed by atoms with Crippen molar-refractivity contribution in [3.63, 3.8) is 0 Å². The zero-order valence-electron chi connectivity index (χ0n) is 16.6. The van der Waals surface area contributed by atoms with E-state index in [2.05, 4.69) is 48.5 Å². The van der Waals surface area contributed by atoms with E-state index in [9.17, 15) is 0 Å². The van der Waals surface area contributed by atoms with Gasteiger partial charge in [0, 0.05) is 40.7 Å². The predicted octanol–water partition coefficient (Wildman–Crippen LogP) is 8.11. The molecule has 2 heterocycles. The molecule has 2 nitrogen and oxygen atoms in total. The van der Waals surface area contributed by atoms with Crippen molar-refractivity contribution in [3.05, 3.63) is 72.8 Å². The van der Waals surface area contributed by atoms with Crippen molar-refractivity contribution >= 4 is 64.4 Å². The van der Waals surface area contributed by atoms with Gasteiger partial charge in [-0.1, -0.05) is 36.4 Å². The van der Waals surface area contributed by atoms with E-state index < -0.39 is 0 Å². The maximum atomic E-state index is 5.67. The van der Waals surface area contributed by atoms with E-state index in [1.165, 1.54) is 51.5 Å². The molecule has 0 fully saturated rings. The summed E-state index contributed by atoms with van der Waals surface area (Å²) >= 11 is 3.68. The summed E-state index contributed by atoms with van der Waals surface area (Å²) in [5, 5.41) is 7.30. The van der Waals surface area contributed by atoms with Crippen LogP contribution in [0.2, 0.25) is 0 Å². The van der Waals surface area contributed by atoms with Gasteiger partial charge in [0.15, 0.2) is 0 Å². The van der Waals surface area contributed by atoms with Crippen LogP contribution in [0.4, 0.5) is 0 Å². The van der Waals surface area contributed by atoms with Gasteiger partial charge in [-0.3, -0.25) is 0 Å². The lowest BCUT2D eigenvalue weighted by molar-refractivity contribution is 0.420. The fourth-order valence-corrected chi connectivity index (χ4v) is 6.52. The summed E-state index contributed by atoms with van der Waals surface area (Å²) in [6, 6.07) is 25.9. The molecule has 4 aromatic carbocycles. The van der Waals surface area contributed by atoms with E-state index in [0.29, 0.717) is 0 Å². The molecule has 0 bridgehead atoms. The highest BCUT2D eigenvalue weighted by Crippen LogP contribution is 2.45. The Labute approximate surface area is 181 Å². The van der Waals surface area contributed by atoms with E-state index in [0.717, 1.165) is 11.5 Å². The standard InChI is InChI=1S/C26H18O2S2/c1-27-19-7-3-5-15-9-11-21-17(25(15)19)13-23(29-21)24-14-18-22(30-24)12-10-16-6-4-8-20(28-2)26(16)18/h3-14H,1-2H3. The van der Waals surface area contributed by atoms with Crippen molar-refractivity contribution in [2.24, 2.45) is 0 Å². The van der Waals surface area contributed by atoms with Gasteiger partial charge in [0.25, 0.3) is 0 Å². The van der Waals surface area contributed by atoms with Crippen LogP contribution in [0.3, 0.4) is 0 Å². The summed E-state index contributed by atoms with van der Waals surface area (Å²) in [5.41, 5.74) is 0. The quantitative estimate of drug-likeness (QED) is 0.284. The van der Waals surface area contributed by atoms with Gasteiger partial charge in [-0.25, -0.2) is 0 Å². The van der Waals surface area contributed by atoms with Crippen molar-refractivity contribution in [3.8, 4) is 21.3 Å². The van der Waals surface area contributed by atoms with Crippen LogP contribution in [0.1, 0.15) is 0 Å². The number of ether oxygens (including phenoxy) is 2. The van der Waals surface area contributed by atoms with Crippen molar-refractivity contribution in [1.82, 2.24) is 0 Å². The molecule has 4 heteroatoms. The van der Waals surface area contributed by atoms with Crippen LogP contribution in [0.25, 0.3) is 51.5 Å². The molecule has 0 aliphatic rings. The average molecular weight is 427 g/mol. The van der Waals surface area contributed by atoms with Crippen molar-refractivity contribution in [2.75, 3.05) is 14.2 Å². The molecule has 0 aliphatic carbocycles. The maximum Gasteiger partial charge on any atom is 0.127 e. The Kier molecular flexibility index (Phi) is 3.98. The second kappa shape index (κ2) is 6.73. The monoisotopic (exact) mass is 426 g/mol. The van der Waals surface area contributed by atoms with Crippen LogP contribution in [0, 0.1) is 0 Å². The summed E-state index contributed by atoms with van der Waals surface area (Å²) in [6.45, 7) is 0. The SMILES string of the molecule is COc1cccc2ccc3sc(-c4cc5c(ccc6cccc(OC)c65)s4)cc3c12. The van der Waals surface area contributed by atoms with Gasteiger partial charge in [-0.15, -0.1) is 22.7 Å². The molecule has 6 rings (SSSR count). The Morgan fingerprint density at radius 3 is 1.47 bits per heavy atom. The van der Waals surface area contributed by atoms with Gasteiger partial charge in [0.2, 0.25) is 0 Å². The third kappa shape index (κ3) is 2.54. The second-order valence-corrected chi connectivity index (χ2v) is 9.46. The summed E-state index contributed by atoms with van der Waals surface area (Å²) in [4.78, 5) is 2.57. The van der Waals surface area contributed by atoms with Gasteiger partial charge in [0.1, 0.15) is 11.5 Å². The van der Waals surface area contributed by atoms with Crippen LogP contribution >= 0.6 is 22.7 Å². The van der Waals surface area contributed by atoms with E-state index >= 15 is 0 Å². The first-order valence-corrected chi connectivity index (χ1v) is 11.4. The zero-order chi connectivity index (χ0) is 20.2. The molecule has 0 unspecified atom stereocenters. The van der Waals surface area contributed by atoms with Gasteiger partial charge in [-0.2, -0.15) is 0 Å². The lowest BCUT2D eigenvalue weighted by atomic mass is 10.0. The topological polar surface area (TPSA) is 18.5 Å². The number of rotatable bonds is 3. The lowest BCUT2D eigenvalue weighted by Gasteiger charge is -2.06. The van der Waals surface area contributed by atoms with Crippen LogP contribution in [-0.4, -0.2) is 14.2 Å². The predicted molar refractivity (Wildman–Crippen MR) is 131 cm³/mol. The number of thiophene rings is 2. The van der Waals surface area contributed by atoms with Gasteiger partial charge in [0.05, 0.1) is 14.2 Å². The molecule has 2 aromatic heterocycles. The molecule has 0 spiro atoms. The highest BCUT2D eigenvalue weighted by Gasteiger charge is 2.15. The molecule has 0 radical (unpaired) electrons. The van der Waals surface area contributed by atoms with Crippen LogP contribution in [0.15, 0.2) is 72.8 Å². The van der Waals surface area contributed by atoms with Crippen LogP contribution in [0.5, 0.6) is 11.5 Å². The number of fused-ring (bicyclic) bond motifs is 6. The zero-order valence-corrected chi connectivity index (χ0v) is 18.2. The third-order valence-corrected chi connectivity index (χ3v) is 8.08. The van der Waals surface area contributed by atoms with E-state index in [1.807, 2.05) is 46.9 Å². The maximum absolute atomic E-state index is 5.67. The Bertz CT molecular complexity index is 1450. The normalized spacial score (nSPS) is 11.7. The fourth-order valence-electron chi connectivity index (χ4n) is 4.31. The lowest BCUT2D eigenvalue weighted by Crippen LogP contribution is -1.84. The van der Waals surface area contributed by atoms with E-state index in [4.69, 9.17) is 9.47 Å². The smallest absolute Gasteiger partial charge is 0.127 e. The molecule has 6 aromatic rings. The Hall–Kier alpha value is -3.08. The third-order valence-electron chi connectivity index (χ3n) is 5.69. The summed E-state index contributed by atoms with van der Waals surface area (Å²) in [6.07, 6.45) is 0.